The summed E-state index contributed by atoms with van der Waals surface area (Å²) in [5.41, 5.74) is 14.2. The quantitative estimate of drug-likeness (QED) is 0.603. The van der Waals surface area contributed by atoms with Gasteiger partial charge in [0.1, 0.15) is 11.6 Å². The third-order valence-electron chi connectivity index (χ3n) is 3.44. The number of nitrogens with two attached hydrogens (primary N) is 2. The highest BCUT2D eigenvalue weighted by atomic mass is 16.5. The molecule has 1 heterocycles. The first-order valence-electron chi connectivity index (χ1n) is 9.32. The summed E-state index contributed by atoms with van der Waals surface area (Å²) in [5, 5.41) is 0. The molecule has 1 aliphatic rings. The lowest BCUT2D eigenvalue weighted by molar-refractivity contribution is 0.319. The molecule has 0 atom stereocenters. The van der Waals surface area contributed by atoms with Crippen molar-refractivity contribution in [3.8, 4) is 5.75 Å². The molecule has 1 saturated carbocycles. The number of pyridine rings is 1. The van der Waals surface area contributed by atoms with Gasteiger partial charge in [0.25, 0.3) is 0 Å². The van der Waals surface area contributed by atoms with Crippen LogP contribution in [-0.4, -0.2) is 23.8 Å². The third kappa shape index (κ3) is 8.01. The average Bonchev–Trinajstić information content (AvgIpc) is 3.48. The SMILES string of the molecule is CC.CCCOc1cc(C)cc(C=NC2CC2)c1N.Nc1ccccn1. The Kier molecular flexibility index (Phi) is 9.83. The first-order chi connectivity index (χ1) is 12.6. The molecule has 0 amide bonds. The average molecular weight is 357 g/mol. The van der Waals surface area contributed by atoms with E-state index >= 15 is 0 Å². The highest BCUT2D eigenvalue weighted by molar-refractivity contribution is 5.89. The maximum Gasteiger partial charge on any atom is 0.143 e. The van der Waals surface area contributed by atoms with E-state index in [1.165, 1.54) is 12.8 Å². The molecule has 0 bridgehead atoms. The van der Waals surface area contributed by atoms with Crippen LogP contribution in [0.5, 0.6) is 5.75 Å². The lowest BCUT2D eigenvalue weighted by Crippen LogP contribution is -2.02. The van der Waals surface area contributed by atoms with Crippen molar-refractivity contribution in [2.24, 2.45) is 4.99 Å². The van der Waals surface area contributed by atoms with E-state index < -0.39 is 0 Å². The van der Waals surface area contributed by atoms with Gasteiger partial charge in [-0.15, -0.1) is 0 Å². The van der Waals surface area contributed by atoms with Gasteiger partial charge in [-0.2, -0.15) is 0 Å². The Hall–Kier alpha value is -2.56. The molecule has 5 nitrogen and oxygen atoms in total. The number of nitrogens with zero attached hydrogens (tertiary/aromatic N) is 2. The van der Waals surface area contributed by atoms with Crippen molar-refractivity contribution in [1.29, 1.82) is 0 Å². The summed E-state index contributed by atoms with van der Waals surface area (Å²) >= 11 is 0. The number of ether oxygens (including phenoxy) is 1. The number of aryl methyl sites for hydroxylation is 1. The fourth-order valence-electron chi connectivity index (χ4n) is 2.02. The lowest BCUT2D eigenvalue weighted by atomic mass is 10.1. The van der Waals surface area contributed by atoms with Crippen molar-refractivity contribution >= 4 is 17.7 Å². The smallest absolute Gasteiger partial charge is 0.143 e. The number of aromatic nitrogens is 1. The third-order valence-corrected chi connectivity index (χ3v) is 3.44. The zero-order chi connectivity index (χ0) is 19.4. The highest BCUT2D eigenvalue weighted by Gasteiger charge is 2.19. The van der Waals surface area contributed by atoms with Gasteiger partial charge in [-0.25, -0.2) is 4.98 Å². The van der Waals surface area contributed by atoms with Crippen LogP contribution < -0.4 is 16.2 Å². The van der Waals surface area contributed by atoms with E-state index in [1.54, 1.807) is 12.3 Å². The fraction of sp³-hybridized carbons (Fsp3) is 0.429. The van der Waals surface area contributed by atoms with Crippen LogP contribution in [-0.2, 0) is 0 Å². The number of hydrogen-bond acceptors (Lipinski definition) is 5. The van der Waals surface area contributed by atoms with E-state index in [0.29, 0.717) is 24.2 Å². The molecule has 4 N–H and O–H groups in total. The van der Waals surface area contributed by atoms with Crippen LogP contribution in [0.1, 0.15) is 51.2 Å². The lowest BCUT2D eigenvalue weighted by Gasteiger charge is -2.11. The van der Waals surface area contributed by atoms with Gasteiger partial charge in [-0.1, -0.05) is 26.8 Å². The summed E-state index contributed by atoms with van der Waals surface area (Å²) in [4.78, 5) is 8.23. The number of aliphatic imine (C=N–C) groups is 1. The number of nitrogen functional groups attached to an aromatic ring is 2. The summed E-state index contributed by atoms with van der Waals surface area (Å²) in [6.07, 6.45) is 6.95. The predicted octanol–water partition coefficient (Wildman–Crippen LogP) is 4.64. The maximum absolute atomic E-state index is 6.08. The summed E-state index contributed by atoms with van der Waals surface area (Å²) in [5.74, 6) is 1.35. The highest BCUT2D eigenvalue weighted by Crippen LogP contribution is 2.28. The number of benzene rings is 1. The van der Waals surface area contributed by atoms with Crippen LogP contribution in [0.25, 0.3) is 0 Å². The van der Waals surface area contributed by atoms with Crippen LogP contribution in [0.15, 0.2) is 41.5 Å². The minimum atomic E-state index is 0.523. The van der Waals surface area contributed by atoms with E-state index in [2.05, 4.69) is 23.0 Å². The Bertz CT molecular complexity index is 667. The second-order valence-electron chi connectivity index (χ2n) is 5.88. The first-order valence-corrected chi connectivity index (χ1v) is 9.32. The van der Waals surface area contributed by atoms with Crippen LogP contribution >= 0.6 is 0 Å². The van der Waals surface area contributed by atoms with E-state index in [4.69, 9.17) is 16.2 Å². The van der Waals surface area contributed by atoms with Gasteiger partial charge in [0.2, 0.25) is 0 Å². The molecule has 2 aromatic rings. The summed E-state index contributed by atoms with van der Waals surface area (Å²) < 4.78 is 5.64. The van der Waals surface area contributed by atoms with E-state index in [0.717, 1.165) is 23.3 Å². The summed E-state index contributed by atoms with van der Waals surface area (Å²) in [6, 6.07) is 9.99. The molecular weight excluding hydrogens is 324 g/mol. The molecule has 0 unspecified atom stereocenters. The zero-order valence-corrected chi connectivity index (χ0v) is 16.4. The van der Waals surface area contributed by atoms with Crippen molar-refractivity contribution < 1.29 is 4.74 Å². The van der Waals surface area contributed by atoms with Gasteiger partial charge in [0.05, 0.1) is 18.3 Å². The van der Waals surface area contributed by atoms with Gasteiger partial charge in [0, 0.05) is 18.0 Å². The molecule has 5 heteroatoms. The standard InChI is InChI=1S/C14H20N2O.C5H6N2.C2H6/c1-3-6-17-13-8-10(2)7-11(14(13)15)9-16-12-4-5-12;6-5-3-1-2-4-7-5;1-2/h7-9,12H,3-6,15H2,1-2H3;1-4H,(H2,6,7);1-2H3. The van der Waals surface area contributed by atoms with Gasteiger partial charge in [-0.05, 0) is 56.0 Å². The van der Waals surface area contributed by atoms with Crippen molar-refractivity contribution in [2.45, 2.75) is 53.0 Å². The van der Waals surface area contributed by atoms with E-state index in [1.807, 2.05) is 45.2 Å². The molecule has 0 saturated heterocycles. The Morgan fingerprint density at radius 3 is 2.46 bits per heavy atom. The normalized spacial score (nSPS) is 12.6. The molecule has 0 spiro atoms. The second kappa shape index (κ2) is 11.9. The largest absolute Gasteiger partial charge is 0.491 e. The zero-order valence-electron chi connectivity index (χ0n) is 16.4. The Morgan fingerprint density at radius 1 is 1.23 bits per heavy atom. The molecule has 26 heavy (non-hydrogen) atoms. The van der Waals surface area contributed by atoms with Crippen LogP contribution in [0.4, 0.5) is 11.5 Å². The van der Waals surface area contributed by atoms with Gasteiger partial charge in [-0.3, -0.25) is 4.99 Å². The molecule has 3 rings (SSSR count). The number of rotatable bonds is 5. The second-order valence-corrected chi connectivity index (χ2v) is 5.88. The minimum absolute atomic E-state index is 0.523. The van der Waals surface area contributed by atoms with Crippen molar-refractivity contribution in [1.82, 2.24) is 4.98 Å². The van der Waals surface area contributed by atoms with Crippen molar-refractivity contribution in [3.05, 3.63) is 47.7 Å². The number of hydrogen-bond donors (Lipinski definition) is 2. The molecule has 1 aromatic carbocycles. The van der Waals surface area contributed by atoms with Gasteiger partial charge < -0.3 is 16.2 Å². The monoisotopic (exact) mass is 356 g/mol. The van der Waals surface area contributed by atoms with Gasteiger partial charge in [0.15, 0.2) is 0 Å². The summed E-state index contributed by atoms with van der Waals surface area (Å²) in [6.45, 7) is 8.83. The molecule has 1 aromatic heterocycles. The fourth-order valence-corrected chi connectivity index (χ4v) is 2.02. The minimum Gasteiger partial charge on any atom is -0.491 e. The topological polar surface area (TPSA) is 86.5 Å². The molecular formula is C21H32N4O. The molecule has 0 aliphatic heterocycles. The number of anilines is 2. The molecule has 142 valence electrons. The first kappa shape index (κ1) is 21.5. The maximum atomic E-state index is 6.08. The predicted molar refractivity (Wildman–Crippen MR) is 112 cm³/mol. The molecule has 1 aliphatic carbocycles. The Balaban J connectivity index is 0.000000313. The van der Waals surface area contributed by atoms with Crippen LogP contribution in [0, 0.1) is 6.92 Å². The Morgan fingerprint density at radius 2 is 1.96 bits per heavy atom. The molecule has 1 fully saturated rings. The molecule has 0 radical (unpaired) electrons. The van der Waals surface area contributed by atoms with E-state index in [-0.39, 0.29) is 0 Å². The Labute approximate surface area is 157 Å². The van der Waals surface area contributed by atoms with Gasteiger partial charge >= 0.3 is 0 Å². The van der Waals surface area contributed by atoms with Crippen molar-refractivity contribution in [2.75, 3.05) is 18.1 Å². The van der Waals surface area contributed by atoms with Crippen LogP contribution in [0.3, 0.4) is 0 Å². The van der Waals surface area contributed by atoms with Crippen molar-refractivity contribution in [3.63, 3.8) is 0 Å². The summed E-state index contributed by atoms with van der Waals surface area (Å²) in [7, 11) is 0. The van der Waals surface area contributed by atoms with Crippen LogP contribution in [0.2, 0.25) is 0 Å². The van der Waals surface area contributed by atoms with E-state index in [9.17, 15) is 0 Å².